The largest absolute Gasteiger partial charge is 0.506 e. The molecule has 0 atom stereocenters. The van der Waals surface area contributed by atoms with Gasteiger partial charge in [0.15, 0.2) is 0 Å². The van der Waals surface area contributed by atoms with E-state index < -0.39 is 5.60 Å². The van der Waals surface area contributed by atoms with Gasteiger partial charge in [-0.2, -0.15) is 0 Å². The lowest BCUT2D eigenvalue weighted by atomic mass is 10.1. The van der Waals surface area contributed by atoms with Crippen molar-refractivity contribution in [2.24, 2.45) is 0 Å². The summed E-state index contributed by atoms with van der Waals surface area (Å²) >= 11 is 0. The van der Waals surface area contributed by atoms with E-state index in [2.05, 4.69) is 4.98 Å². The van der Waals surface area contributed by atoms with Gasteiger partial charge in [-0.1, -0.05) is 0 Å². The van der Waals surface area contributed by atoms with Gasteiger partial charge in [0.2, 0.25) is 0 Å². The number of rotatable bonds is 4. The fraction of sp³-hybridized carbons (Fsp3) is 0.583. The molecule has 0 aromatic carbocycles. The number of likely N-dealkylation sites (N-methyl/N-ethyl adjacent to an activating group) is 1. The molecule has 0 aliphatic heterocycles. The first-order chi connectivity index (χ1) is 7.28. The zero-order valence-corrected chi connectivity index (χ0v) is 10.4. The van der Waals surface area contributed by atoms with Crippen molar-refractivity contribution in [3.05, 3.63) is 23.5 Å². The van der Waals surface area contributed by atoms with E-state index in [-0.39, 0.29) is 5.75 Å². The molecule has 0 aliphatic rings. The number of aromatic nitrogens is 1. The minimum atomic E-state index is -0.742. The normalized spacial score (nSPS) is 12.1. The molecule has 4 nitrogen and oxygen atoms in total. The van der Waals surface area contributed by atoms with Gasteiger partial charge in [-0.3, -0.25) is 9.88 Å². The molecule has 2 N–H and O–H groups in total. The Morgan fingerprint density at radius 2 is 2.00 bits per heavy atom. The van der Waals surface area contributed by atoms with Gasteiger partial charge in [-0.15, -0.1) is 0 Å². The standard InChI is InChI=1S/C12H20N2O2/c1-9-5-6-11(15)10(13-9)7-14(4)8-12(2,3)16/h5-6,15-16H,7-8H2,1-4H3. The molecule has 1 aromatic heterocycles. The predicted molar refractivity (Wildman–Crippen MR) is 63.3 cm³/mol. The topological polar surface area (TPSA) is 56.6 Å². The van der Waals surface area contributed by atoms with E-state index in [1.807, 2.05) is 18.9 Å². The summed E-state index contributed by atoms with van der Waals surface area (Å²) in [4.78, 5) is 6.20. The average Bonchev–Trinajstić information content (AvgIpc) is 2.08. The predicted octanol–water partition coefficient (Wildman–Crippen LogP) is 1.30. The molecule has 4 heteroatoms. The Hall–Kier alpha value is -1.13. The average molecular weight is 224 g/mol. The summed E-state index contributed by atoms with van der Waals surface area (Å²) in [6.45, 7) is 6.46. The Balaban J connectivity index is 2.69. The maximum atomic E-state index is 9.67. The summed E-state index contributed by atoms with van der Waals surface area (Å²) in [7, 11) is 1.89. The summed E-state index contributed by atoms with van der Waals surface area (Å²) in [6.07, 6.45) is 0. The van der Waals surface area contributed by atoms with Crippen molar-refractivity contribution >= 4 is 0 Å². The van der Waals surface area contributed by atoms with Crippen LogP contribution in [-0.4, -0.2) is 39.3 Å². The maximum absolute atomic E-state index is 9.67. The van der Waals surface area contributed by atoms with E-state index in [0.717, 1.165) is 5.69 Å². The molecule has 16 heavy (non-hydrogen) atoms. The second-order valence-electron chi connectivity index (χ2n) is 4.90. The molecule has 0 aliphatic carbocycles. The third-order valence-corrected chi connectivity index (χ3v) is 2.17. The first kappa shape index (κ1) is 12.9. The van der Waals surface area contributed by atoms with Crippen molar-refractivity contribution in [1.29, 1.82) is 0 Å². The monoisotopic (exact) mass is 224 g/mol. The van der Waals surface area contributed by atoms with Gasteiger partial charge in [0.05, 0.1) is 11.3 Å². The number of hydrogen-bond donors (Lipinski definition) is 2. The molecule has 0 bridgehead atoms. The Morgan fingerprint density at radius 1 is 1.38 bits per heavy atom. The third kappa shape index (κ3) is 4.16. The molecule has 1 heterocycles. The molecule has 1 rings (SSSR count). The minimum Gasteiger partial charge on any atom is -0.506 e. The Labute approximate surface area is 96.6 Å². The van der Waals surface area contributed by atoms with Crippen molar-refractivity contribution in [3.63, 3.8) is 0 Å². The molecule has 0 radical (unpaired) electrons. The second kappa shape index (κ2) is 4.80. The van der Waals surface area contributed by atoms with E-state index >= 15 is 0 Å². The first-order valence-corrected chi connectivity index (χ1v) is 5.34. The Kier molecular flexibility index (Phi) is 3.88. The van der Waals surface area contributed by atoms with Crippen LogP contribution in [0.25, 0.3) is 0 Å². The highest BCUT2D eigenvalue weighted by Gasteiger charge is 2.16. The van der Waals surface area contributed by atoms with E-state index in [9.17, 15) is 10.2 Å². The van der Waals surface area contributed by atoms with Crippen molar-refractivity contribution in [2.45, 2.75) is 32.9 Å². The number of aromatic hydroxyl groups is 1. The lowest BCUT2D eigenvalue weighted by Crippen LogP contribution is -2.36. The van der Waals surface area contributed by atoms with Crippen molar-refractivity contribution in [1.82, 2.24) is 9.88 Å². The molecule has 0 unspecified atom stereocenters. The van der Waals surface area contributed by atoms with Crippen LogP contribution in [0.15, 0.2) is 12.1 Å². The van der Waals surface area contributed by atoms with Crippen LogP contribution in [-0.2, 0) is 6.54 Å². The zero-order chi connectivity index (χ0) is 12.3. The van der Waals surface area contributed by atoms with Crippen LogP contribution in [0.5, 0.6) is 5.75 Å². The van der Waals surface area contributed by atoms with E-state index in [1.54, 1.807) is 26.0 Å². The van der Waals surface area contributed by atoms with Crippen LogP contribution >= 0.6 is 0 Å². The number of aryl methyl sites for hydroxylation is 1. The van der Waals surface area contributed by atoms with E-state index in [1.165, 1.54) is 0 Å². The quantitative estimate of drug-likeness (QED) is 0.809. The first-order valence-electron chi connectivity index (χ1n) is 5.34. The van der Waals surface area contributed by atoms with Crippen molar-refractivity contribution < 1.29 is 10.2 Å². The summed E-state index contributed by atoms with van der Waals surface area (Å²) in [5, 5.41) is 19.3. The van der Waals surface area contributed by atoms with Crippen molar-refractivity contribution in [3.8, 4) is 5.75 Å². The summed E-state index contributed by atoms with van der Waals surface area (Å²) in [6, 6.07) is 3.42. The maximum Gasteiger partial charge on any atom is 0.138 e. The van der Waals surface area contributed by atoms with Gasteiger partial charge in [-0.05, 0) is 40.0 Å². The number of aliphatic hydroxyl groups is 1. The van der Waals surface area contributed by atoms with Crippen LogP contribution in [0.3, 0.4) is 0 Å². The smallest absolute Gasteiger partial charge is 0.138 e. The minimum absolute atomic E-state index is 0.202. The lowest BCUT2D eigenvalue weighted by molar-refractivity contribution is 0.0419. The highest BCUT2D eigenvalue weighted by molar-refractivity contribution is 5.27. The van der Waals surface area contributed by atoms with Gasteiger partial charge >= 0.3 is 0 Å². The second-order valence-corrected chi connectivity index (χ2v) is 4.90. The van der Waals surface area contributed by atoms with Crippen molar-refractivity contribution in [2.75, 3.05) is 13.6 Å². The molecular formula is C12H20N2O2. The fourth-order valence-corrected chi connectivity index (χ4v) is 1.69. The summed E-state index contributed by atoms with van der Waals surface area (Å²) in [5.41, 5.74) is 0.782. The number of nitrogens with zero attached hydrogens (tertiary/aromatic N) is 2. The summed E-state index contributed by atoms with van der Waals surface area (Å²) in [5.74, 6) is 0.202. The highest BCUT2D eigenvalue weighted by atomic mass is 16.3. The molecule has 0 spiro atoms. The van der Waals surface area contributed by atoms with Gasteiger partial charge in [0, 0.05) is 18.8 Å². The molecule has 1 aromatic rings. The van der Waals surface area contributed by atoms with Crippen LogP contribution in [0, 0.1) is 6.92 Å². The van der Waals surface area contributed by atoms with Gasteiger partial charge < -0.3 is 10.2 Å². The van der Waals surface area contributed by atoms with Crippen LogP contribution < -0.4 is 0 Å². The van der Waals surface area contributed by atoms with Crippen LogP contribution in [0.1, 0.15) is 25.2 Å². The zero-order valence-electron chi connectivity index (χ0n) is 10.4. The number of pyridine rings is 1. The number of hydrogen-bond acceptors (Lipinski definition) is 4. The van der Waals surface area contributed by atoms with Gasteiger partial charge in [-0.25, -0.2) is 0 Å². The molecule has 0 saturated heterocycles. The van der Waals surface area contributed by atoms with E-state index in [4.69, 9.17) is 0 Å². The fourth-order valence-electron chi connectivity index (χ4n) is 1.69. The van der Waals surface area contributed by atoms with Crippen LogP contribution in [0.4, 0.5) is 0 Å². The van der Waals surface area contributed by atoms with Crippen LogP contribution in [0.2, 0.25) is 0 Å². The van der Waals surface area contributed by atoms with Gasteiger partial charge in [0.25, 0.3) is 0 Å². The molecule has 0 fully saturated rings. The lowest BCUT2D eigenvalue weighted by Gasteiger charge is -2.25. The van der Waals surface area contributed by atoms with E-state index in [0.29, 0.717) is 18.8 Å². The Bertz CT molecular complexity index is 359. The molecule has 90 valence electrons. The SMILES string of the molecule is Cc1ccc(O)c(CN(C)CC(C)(C)O)n1. The van der Waals surface area contributed by atoms with Gasteiger partial charge in [0.1, 0.15) is 5.75 Å². The molecule has 0 amide bonds. The highest BCUT2D eigenvalue weighted by Crippen LogP contribution is 2.17. The molecule has 0 saturated carbocycles. The summed E-state index contributed by atoms with van der Waals surface area (Å²) < 4.78 is 0. The Morgan fingerprint density at radius 3 is 2.56 bits per heavy atom. The molecular weight excluding hydrogens is 204 g/mol. The third-order valence-electron chi connectivity index (χ3n) is 2.17.